The number of nitrogens with zero attached hydrogens (tertiary/aromatic N) is 7. The van der Waals surface area contributed by atoms with E-state index < -0.39 is 0 Å². The van der Waals surface area contributed by atoms with Gasteiger partial charge < -0.3 is 15.4 Å². The van der Waals surface area contributed by atoms with E-state index in [1.54, 1.807) is 19.6 Å². The van der Waals surface area contributed by atoms with Crippen LogP contribution in [0.2, 0.25) is 0 Å². The molecule has 4 N–H and O–H groups in total. The zero-order chi connectivity index (χ0) is 25.4. The van der Waals surface area contributed by atoms with Crippen molar-refractivity contribution in [3.8, 4) is 11.0 Å². The molecule has 13 heteroatoms. The lowest BCUT2D eigenvalue weighted by molar-refractivity contribution is 0.208. The molecule has 6 heterocycles. The Hall–Kier alpha value is -3.81. The third-order valence-electron chi connectivity index (χ3n) is 6.70. The number of aromatic nitrogens is 5. The number of anilines is 2. The molecule has 0 saturated carbocycles. The van der Waals surface area contributed by atoms with Crippen LogP contribution in [0.5, 0.6) is 5.88 Å². The predicted molar refractivity (Wildman–Crippen MR) is 141 cm³/mol. The van der Waals surface area contributed by atoms with Crippen LogP contribution in [-0.2, 0) is 0 Å². The van der Waals surface area contributed by atoms with Gasteiger partial charge >= 0.3 is 6.03 Å². The fraction of sp³-hybridized carbons (Fsp3) is 0.375. The number of rotatable bonds is 6. The van der Waals surface area contributed by atoms with Gasteiger partial charge in [-0.25, -0.2) is 29.7 Å². The van der Waals surface area contributed by atoms with E-state index >= 15 is 0 Å². The molecule has 0 aliphatic carbocycles. The number of nitrogens with two attached hydrogens (primary N) is 1. The number of amides is 2. The maximum atomic E-state index is 12.4. The summed E-state index contributed by atoms with van der Waals surface area (Å²) in [5.74, 6) is 1.48. The molecule has 4 aromatic rings. The molecule has 2 fully saturated rings. The van der Waals surface area contributed by atoms with Gasteiger partial charge in [0.25, 0.3) is 0 Å². The van der Waals surface area contributed by atoms with Gasteiger partial charge in [-0.2, -0.15) is 0 Å². The van der Waals surface area contributed by atoms with Gasteiger partial charge in [0.15, 0.2) is 10.8 Å². The van der Waals surface area contributed by atoms with Crippen molar-refractivity contribution in [3.05, 3.63) is 48.7 Å². The number of pyridine rings is 1. The number of hydrogen-bond acceptors (Lipinski definition) is 10. The van der Waals surface area contributed by atoms with Gasteiger partial charge in [-0.05, 0) is 31.4 Å². The Morgan fingerprint density at radius 3 is 2.95 bits per heavy atom. The SMILES string of the molecule is COc1cccc(C2CCCN2c2ncnc3c2ccn3-c2ncc(NC(=O)NN3CC[C@H](N)C3)s2)n1. The summed E-state index contributed by atoms with van der Waals surface area (Å²) in [5, 5.41) is 6.95. The van der Waals surface area contributed by atoms with Crippen molar-refractivity contribution in [1.29, 1.82) is 0 Å². The van der Waals surface area contributed by atoms with Crippen molar-refractivity contribution in [2.24, 2.45) is 5.73 Å². The fourth-order valence-corrected chi connectivity index (χ4v) is 5.78. The molecule has 2 amide bonds. The normalized spacial score (nSPS) is 20.0. The number of methoxy groups -OCH3 is 1. The minimum Gasteiger partial charge on any atom is -0.481 e. The molecule has 0 bridgehead atoms. The summed E-state index contributed by atoms with van der Waals surface area (Å²) in [7, 11) is 1.63. The average Bonchev–Trinajstić information content (AvgIpc) is 3.71. The minimum absolute atomic E-state index is 0.0897. The highest BCUT2D eigenvalue weighted by Gasteiger charge is 2.30. The zero-order valence-electron chi connectivity index (χ0n) is 20.4. The second kappa shape index (κ2) is 9.92. The number of carbonyl (C=O) groups is 1. The Labute approximate surface area is 217 Å². The van der Waals surface area contributed by atoms with Crippen molar-refractivity contribution in [2.45, 2.75) is 31.3 Å². The molecule has 4 aromatic heterocycles. The molecular formula is C24H28N10O2S. The highest BCUT2D eigenvalue weighted by atomic mass is 32.1. The number of hydrazine groups is 1. The Bertz CT molecular complexity index is 1420. The lowest BCUT2D eigenvalue weighted by atomic mass is 10.1. The van der Waals surface area contributed by atoms with Crippen LogP contribution < -0.4 is 26.1 Å². The number of urea groups is 1. The van der Waals surface area contributed by atoms with Gasteiger partial charge in [0.1, 0.15) is 17.1 Å². The van der Waals surface area contributed by atoms with E-state index in [4.69, 9.17) is 10.5 Å². The van der Waals surface area contributed by atoms with Gasteiger partial charge in [-0.3, -0.25) is 15.3 Å². The quantitative estimate of drug-likeness (QED) is 0.350. The lowest BCUT2D eigenvalue weighted by Gasteiger charge is -2.26. The molecule has 0 aromatic carbocycles. The first kappa shape index (κ1) is 23.6. The van der Waals surface area contributed by atoms with E-state index in [9.17, 15) is 4.79 Å². The van der Waals surface area contributed by atoms with Crippen LogP contribution in [-0.4, -0.2) is 68.3 Å². The summed E-state index contributed by atoms with van der Waals surface area (Å²) >= 11 is 1.37. The number of carbonyl (C=O) groups excluding carboxylic acids is 1. The summed E-state index contributed by atoms with van der Waals surface area (Å²) in [6, 6.07) is 7.76. The second-order valence-corrected chi connectivity index (χ2v) is 10.2. The van der Waals surface area contributed by atoms with Crippen LogP contribution in [0, 0.1) is 0 Å². The average molecular weight is 521 g/mol. The highest BCUT2D eigenvalue weighted by molar-refractivity contribution is 7.18. The number of hydrogen-bond donors (Lipinski definition) is 3. The lowest BCUT2D eigenvalue weighted by Crippen LogP contribution is -2.43. The Balaban J connectivity index is 1.23. The largest absolute Gasteiger partial charge is 0.481 e. The summed E-state index contributed by atoms with van der Waals surface area (Å²) in [6.45, 7) is 2.26. The number of ether oxygens (including phenoxy) is 1. The highest BCUT2D eigenvalue weighted by Crippen LogP contribution is 2.38. The Kier molecular flexibility index (Phi) is 6.32. The van der Waals surface area contributed by atoms with Crippen LogP contribution in [0.1, 0.15) is 31.0 Å². The third-order valence-corrected chi connectivity index (χ3v) is 7.61. The molecule has 0 spiro atoms. The van der Waals surface area contributed by atoms with Gasteiger partial charge in [0.05, 0.1) is 30.4 Å². The van der Waals surface area contributed by atoms with Gasteiger partial charge in [-0.1, -0.05) is 17.4 Å². The second-order valence-electron chi connectivity index (χ2n) is 9.14. The minimum atomic E-state index is -0.308. The van der Waals surface area contributed by atoms with E-state index in [1.165, 1.54) is 11.3 Å². The standard InChI is InChI=1S/C24H28N10O2S/c1-36-19-6-2-4-17(29-19)18-5-3-9-33(18)21-16-8-11-34(22(16)28-14-27-21)24-26-12-20(37-24)30-23(35)31-32-10-7-15(25)13-32/h2,4,6,8,11-12,14-15,18H,3,5,7,9-10,13,25H2,1H3,(H2,30,31,35)/t15-,18?/m0/s1. The molecule has 37 heavy (non-hydrogen) atoms. The molecule has 2 atom stereocenters. The summed E-state index contributed by atoms with van der Waals surface area (Å²) in [4.78, 5) is 33.1. The van der Waals surface area contributed by atoms with Crippen molar-refractivity contribution in [3.63, 3.8) is 0 Å². The molecule has 12 nitrogen and oxygen atoms in total. The number of nitrogens with one attached hydrogen (secondary N) is 2. The topological polar surface area (TPSA) is 139 Å². The van der Waals surface area contributed by atoms with Gasteiger partial charge in [0.2, 0.25) is 5.88 Å². The fourth-order valence-electron chi connectivity index (χ4n) is 4.99. The number of fused-ring (bicyclic) bond motifs is 1. The maximum absolute atomic E-state index is 12.4. The van der Waals surface area contributed by atoms with E-state index in [2.05, 4.69) is 35.6 Å². The summed E-state index contributed by atoms with van der Waals surface area (Å²) < 4.78 is 7.26. The van der Waals surface area contributed by atoms with Crippen LogP contribution in [0.25, 0.3) is 16.2 Å². The molecule has 1 unspecified atom stereocenters. The molecular weight excluding hydrogens is 492 g/mol. The van der Waals surface area contributed by atoms with Crippen LogP contribution in [0.4, 0.5) is 15.6 Å². The Morgan fingerprint density at radius 2 is 2.11 bits per heavy atom. The van der Waals surface area contributed by atoms with E-state index in [0.29, 0.717) is 22.6 Å². The first-order valence-corrected chi connectivity index (χ1v) is 13.0. The van der Waals surface area contributed by atoms with Crippen LogP contribution in [0.3, 0.4) is 0 Å². The smallest absolute Gasteiger partial charge is 0.334 e. The predicted octanol–water partition coefficient (Wildman–Crippen LogP) is 2.69. The van der Waals surface area contributed by atoms with Crippen LogP contribution >= 0.6 is 11.3 Å². The molecule has 6 rings (SSSR count). The van der Waals surface area contributed by atoms with E-state index in [0.717, 1.165) is 54.9 Å². The van der Waals surface area contributed by atoms with Crippen molar-refractivity contribution in [2.75, 3.05) is 37.0 Å². The van der Waals surface area contributed by atoms with Crippen molar-refractivity contribution >= 4 is 39.2 Å². The first-order chi connectivity index (χ1) is 18.1. The summed E-state index contributed by atoms with van der Waals surface area (Å²) in [5.41, 5.74) is 10.5. The first-order valence-electron chi connectivity index (χ1n) is 12.2. The van der Waals surface area contributed by atoms with E-state index in [1.807, 2.05) is 40.0 Å². The number of thiazole rings is 1. The molecule has 2 aliphatic heterocycles. The monoisotopic (exact) mass is 520 g/mol. The van der Waals surface area contributed by atoms with Gasteiger partial charge in [-0.15, -0.1) is 0 Å². The van der Waals surface area contributed by atoms with Gasteiger partial charge in [0, 0.05) is 37.9 Å². The Morgan fingerprint density at radius 1 is 1.19 bits per heavy atom. The molecule has 2 saturated heterocycles. The molecule has 2 aliphatic rings. The molecule has 0 radical (unpaired) electrons. The zero-order valence-corrected chi connectivity index (χ0v) is 21.2. The maximum Gasteiger partial charge on any atom is 0.334 e. The van der Waals surface area contributed by atoms with Crippen LogP contribution in [0.15, 0.2) is 43.0 Å². The third kappa shape index (κ3) is 4.68. The summed E-state index contributed by atoms with van der Waals surface area (Å²) in [6.07, 6.45) is 8.06. The van der Waals surface area contributed by atoms with Crippen molar-refractivity contribution in [1.82, 2.24) is 34.9 Å². The van der Waals surface area contributed by atoms with Crippen molar-refractivity contribution < 1.29 is 9.53 Å². The van der Waals surface area contributed by atoms with E-state index in [-0.39, 0.29) is 18.1 Å². The molecule has 192 valence electrons.